The minimum Gasteiger partial charge on any atom is -0.478 e. The van der Waals surface area contributed by atoms with Gasteiger partial charge >= 0.3 is 5.97 Å². The molecule has 16 heavy (non-hydrogen) atoms. The number of carbonyl (C=O) groups is 2. The Balaban J connectivity index is 2.16. The maximum atomic E-state index is 10.9. The quantitative estimate of drug-likeness (QED) is 0.809. The highest BCUT2D eigenvalue weighted by atomic mass is 32.2. The van der Waals surface area contributed by atoms with E-state index in [1.807, 2.05) is 0 Å². The van der Waals surface area contributed by atoms with E-state index in [1.165, 1.54) is 23.9 Å². The average Bonchev–Trinajstić information content (AvgIpc) is 2.65. The van der Waals surface area contributed by atoms with Crippen LogP contribution in [0.1, 0.15) is 10.4 Å². The summed E-state index contributed by atoms with van der Waals surface area (Å²) in [4.78, 5) is 25.7. The van der Waals surface area contributed by atoms with Crippen LogP contribution in [0.25, 0.3) is 0 Å². The number of amides is 1. The van der Waals surface area contributed by atoms with Crippen molar-refractivity contribution in [1.29, 1.82) is 0 Å². The Morgan fingerprint density at radius 2 is 2.06 bits per heavy atom. The minimum absolute atomic E-state index is 0.0640. The molecule has 0 aromatic heterocycles. The van der Waals surface area contributed by atoms with E-state index in [0.717, 1.165) is 0 Å². The highest BCUT2D eigenvalue weighted by Gasteiger charge is 2.16. The van der Waals surface area contributed by atoms with Gasteiger partial charge in [-0.3, -0.25) is 4.79 Å². The monoisotopic (exact) mass is 236 g/mol. The van der Waals surface area contributed by atoms with Crippen molar-refractivity contribution in [2.24, 2.45) is 4.99 Å². The third-order valence-electron chi connectivity index (χ3n) is 1.93. The zero-order valence-electron chi connectivity index (χ0n) is 8.14. The van der Waals surface area contributed by atoms with Crippen LogP contribution in [-0.2, 0) is 4.79 Å². The van der Waals surface area contributed by atoms with Crippen molar-refractivity contribution in [2.45, 2.75) is 0 Å². The SMILES string of the molecule is O=C1CS/C(=N\c2ccc(C(=O)O)cc2)N1. The lowest BCUT2D eigenvalue weighted by Gasteiger charge is -1.97. The number of aliphatic imine (C=N–C) groups is 1. The van der Waals surface area contributed by atoms with Crippen LogP contribution in [0.15, 0.2) is 29.3 Å². The molecule has 1 aromatic carbocycles. The number of thioether (sulfide) groups is 1. The minimum atomic E-state index is -0.970. The Morgan fingerprint density at radius 3 is 2.56 bits per heavy atom. The van der Waals surface area contributed by atoms with Crippen molar-refractivity contribution in [3.05, 3.63) is 29.8 Å². The number of amidine groups is 1. The summed E-state index contributed by atoms with van der Waals surface area (Å²) in [7, 11) is 0. The second kappa shape index (κ2) is 4.36. The Hall–Kier alpha value is -1.82. The van der Waals surface area contributed by atoms with Crippen molar-refractivity contribution < 1.29 is 14.7 Å². The molecule has 1 saturated heterocycles. The van der Waals surface area contributed by atoms with Crippen LogP contribution in [0.3, 0.4) is 0 Å². The van der Waals surface area contributed by atoms with Crippen molar-refractivity contribution in [3.63, 3.8) is 0 Å². The number of nitrogens with one attached hydrogen (secondary N) is 1. The lowest BCUT2D eigenvalue weighted by molar-refractivity contribution is -0.116. The van der Waals surface area contributed by atoms with Gasteiger partial charge in [-0.15, -0.1) is 0 Å². The standard InChI is InChI=1S/C10H8N2O3S/c13-8-5-16-10(12-8)11-7-3-1-6(2-4-7)9(14)15/h1-4H,5H2,(H,14,15)(H,11,12,13). The highest BCUT2D eigenvalue weighted by molar-refractivity contribution is 8.15. The van der Waals surface area contributed by atoms with Gasteiger partial charge in [-0.05, 0) is 24.3 Å². The third kappa shape index (κ3) is 2.40. The topological polar surface area (TPSA) is 78.8 Å². The lowest BCUT2D eigenvalue weighted by Crippen LogP contribution is -2.19. The number of hydrogen-bond donors (Lipinski definition) is 2. The summed E-state index contributed by atoms with van der Waals surface area (Å²) in [6, 6.07) is 6.15. The van der Waals surface area contributed by atoms with Crippen molar-refractivity contribution in [3.8, 4) is 0 Å². The molecule has 0 aliphatic carbocycles. The molecule has 1 heterocycles. The van der Waals surface area contributed by atoms with Crippen LogP contribution in [0.2, 0.25) is 0 Å². The largest absolute Gasteiger partial charge is 0.478 e. The number of nitrogens with zero attached hydrogens (tertiary/aromatic N) is 1. The van der Waals surface area contributed by atoms with Crippen LogP contribution in [0.5, 0.6) is 0 Å². The number of hydrogen-bond acceptors (Lipinski definition) is 4. The van der Waals surface area contributed by atoms with E-state index >= 15 is 0 Å². The summed E-state index contributed by atoms with van der Waals surface area (Å²) in [5.41, 5.74) is 0.835. The first-order valence-corrected chi connectivity index (χ1v) is 5.48. The zero-order valence-corrected chi connectivity index (χ0v) is 8.95. The molecule has 0 atom stereocenters. The molecule has 0 saturated carbocycles. The number of carbonyl (C=O) groups excluding carboxylic acids is 1. The molecular formula is C10H8N2O3S. The van der Waals surface area contributed by atoms with Gasteiger partial charge in [-0.2, -0.15) is 0 Å². The van der Waals surface area contributed by atoms with E-state index in [2.05, 4.69) is 10.3 Å². The second-order valence-electron chi connectivity index (χ2n) is 3.11. The van der Waals surface area contributed by atoms with Crippen molar-refractivity contribution >= 4 is 34.5 Å². The molecule has 1 fully saturated rings. The Bertz CT molecular complexity index is 467. The van der Waals surface area contributed by atoms with Crippen molar-refractivity contribution in [2.75, 3.05) is 5.75 Å². The van der Waals surface area contributed by atoms with E-state index in [-0.39, 0.29) is 11.5 Å². The Kier molecular flexibility index (Phi) is 2.91. The van der Waals surface area contributed by atoms with Crippen LogP contribution < -0.4 is 5.32 Å². The van der Waals surface area contributed by atoms with Crippen LogP contribution in [0, 0.1) is 0 Å². The molecule has 2 N–H and O–H groups in total. The number of aromatic carboxylic acids is 1. The normalized spacial score (nSPS) is 17.5. The molecule has 0 spiro atoms. The molecule has 1 aliphatic rings. The van der Waals surface area contributed by atoms with Gasteiger partial charge in [0.15, 0.2) is 5.17 Å². The third-order valence-corrected chi connectivity index (χ3v) is 2.80. The maximum Gasteiger partial charge on any atom is 0.335 e. The van der Waals surface area contributed by atoms with Crippen LogP contribution >= 0.6 is 11.8 Å². The summed E-state index contributed by atoms with van der Waals surface area (Å²) in [5.74, 6) is -0.653. The summed E-state index contributed by atoms with van der Waals surface area (Å²) < 4.78 is 0. The molecule has 1 amide bonds. The van der Waals surface area contributed by atoms with Gasteiger partial charge in [0, 0.05) is 0 Å². The first-order valence-electron chi connectivity index (χ1n) is 4.50. The molecule has 1 aliphatic heterocycles. The van der Waals surface area contributed by atoms with E-state index in [4.69, 9.17) is 5.11 Å². The van der Waals surface area contributed by atoms with Gasteiger partial charge in [0.05, 0.1) is 17.0 Å². The smallest absolute Gasteiger partial charge is 0.335 e. The van der Waals surface area contributed by atoms with E-state index < -0.39 is 5.97 Å². The summed E-state index contributed by atoms with van der Waals surface area (Å²) >= 11 is 1.33. The van der Waals surface area contributed by atoms with Gasteiger partial charge in [-0.1, -0.05) is 11.8 Å². The molecule has 0 radical (unpaired) electrons. The predicted octanol–water partition coefficient (Wildman–Crippen LogP) is 1.24. The number of carboxylic acids is 1. The fourth-order valence-electron chi connectivity index (χ4n) is 1.18. The number of rotatable bonds is 2. The molecular weight excluding hydrogens is 228 g/mol. The van der Waals surface area contributed by atoms with Gasteiger partial charge in [0.2, 0.25) is 5.91 Å². The van der Waals surface area contributed by atoms with E-state index in [1.54, 1.807) is 12.1 Å². The Morgan fingerprint density at radius 1 is 1.38 bits per heavy atom. The zero-order chi connectivity index (χ0) is 11.5. The number of benzene rings is 1. The lowest BCUT2D eigenvalue weighted by atomic mass is 10.2. The maximum absolute atomic E-state index is 10.9. The van der Waals surface area contributed by atoms with Gasteiger partial charge in [0.1, 0.15) is 0 Å². The molecule has 5 nitrogen and oxygen atoms in total. The van der Waals surface area contributed by atoms with Crippen molar-refractivity contribution in [1.82, 2.24) is 5.32 Å². The van der Waals surface area contributed by atoms with Gasteiger partial charge < -0.3 is 10.4 Å². The second-order valence-corrected chi connectivity index (χ2v) is 4.07. The van der Waals surface area contributed by atoms with Crippen LogP contribution in [-0.4, -0.2) is 27.9 Å². The first-order chi connectivity index (χ1) is 7.65. The fraction of sp³-hybridized carbons (Fsp3) is 0.100. The molecule has 0 bridgehead atoms. The number of carboxylic acid groups (broad SMARTS) is 1. The van der Waals surface area contributed by atoms with E-state index in [0.29, 0.717) is 16.6 Å². The molecule has 2 rings (SSSR count). The molecule has 82 valence electrons. The summed E-state index contributed by atoms with van der Waals surface area (Å²) in [5, 5.41) is 11.8. The van der Waals surface area contributed by atoms with Crippen LogP contribution in [0.4, 0.5) is 5.69 Å². The highest BCUT2D eigenvalue weighted by Crippen LogP contribution is 2.17. The summed E-state index contributed by atoms with van der Waals surface area (Å²) in [6.07, 6.45) is 0. The van der Waals surface area contributed by atoms with Gasteiger partial charge in [0.25, 0.3) is 0 Å². The molecule has 6 heteroatoms. The predicted molar refractivity (Wildman–Crippen MR) is 61.1 cm³/mol. The first kappa shape index (κ1) is 10.7. The summed E-state index contributed by atoms with van der Waals surface area (Å²) in [6.45, 7) is 0. The Labute approximate surface area is 95.6 Å². The molecule has 1 aromatic rings. The average molecular weight is 236 g/mol. The molecule has 0 unspecified atom stereocenters. The van der Waals surface area contributed by atoms with Gasteiger partial charge in [-0.25, -0.2) is 9.79 Å². The fourth-order valence-corrected chi connectivity index (χ4v) is 1.88. The van der Waals surface area contributed by atoms with E-state index in [9.17, 15) is 9.59 Å².